The zero-order valence-electron chi connectivity index (χ0n) is 7.27. The third-order valence-corrected chi connectivity index (χ3v) is 2.22. The lowest BCUT2D eigenvalue weighted by Crippen LogP contribution is -2.52. The van der Waals surface area contributed by atoms with Crippen LogP contribution < -0.4 is 5.73 Å². The number of ether oxygens (including phenoxy) is 1. The number of piperidine rings is 1. The fourth-order valence-electron chi connectivity index (χ4n) is 1.43. The number of carbonyl (C=O) groups is 1. The molecule has 2 N–H and O–H groups in total. The van der Waals surface area contributed by atoms with E-state index in [1.165, 1.54) is 7.41 Å². The van der Waals surface area contributed by atoms with Crippen molar-refractivity contribution in [1.29, 1.82) is 0 Å². The highest BCUT2D eigenvalue weighted by atomic mass is 16.5. The maximum absolute atomic E-state index is 10.2. The molecule has 0 saturated carbocycles. The number of hydrogen-bond acceptors (Lipinski definition) is 4. The van der Waals surface area contributed by atoms with Gasteiger partial charge >= 0.3 is 0 Å². The van der Waals surface area contributed by atoms with Crippen molar-refractivity contribution in [2.45, 2.75) is 18.6 Å². The molecule has 1 heterocycles. The third kappa shape index (κ3) is 2.30. The minimum atomic E-state index is 0.0509. The standard InChI is InChI=1S/C7H14BN2O2/c1-12-7-4-10(8-5-11)3-2-6(7)9/h5-7H,2-4,9H2,1H3/t6-,7+/m1/s1. The smallest absolute Gasteiger partial charge is 0.293 e. The first-order valence-corrected chi connectivity index (χ1v) is 4.09. The van der Waals surface area contributed by atoms with Crippen molar-refractivity contribution in [2.24, 2.45) is 5.73 Å². The zero-order chi connectivity index (χ0) is 8.97. The maximum Gasteiger partial charge on any atom is 0.293 e. The number of nitrogens with two attached hydrogens (primary N) is 1. The van der Waals surface area contributed by atoms with Crippen molar-refractivity contribution < 1.29 is 9.53 Å². The van der Waals surface area contributed by atoms with E-state index in [0.717, 1.165) is 25.7 Å². The van der Waals surface area contributed by atoms with E-state index in [1.54, 1.807) is 7.11 Å². The molecule has 0 aromatic rings. The van der Waals surface area contributed by atoms with Gasteiger partial charge in [0.15, 0.2) is 0 Å². The minimum Gasteiger partial charge on any atom is -0.379 e. The molecule has 1 fully saturated rings. The Balaban J connectivity index is 2.38. The molecule has 1 aliphatic rings. The van der Waals surface area contributed by atoms with Gasteiger partial charge in [-0.2, -0.15) is 0 Å². The van der Waals surface area contributed by atoms with Crippen LogP contribution in [0.25, 0.3) is 0 Å². The highest BCUT2D eigenvalue weighted by molar-refractivity contribution is 6.64. The van der Waals surface area contributed by atoms with Crippen molar-refractivity contribution >= 4 is 13.6 Å². The summed E-state index contributed by atoms with van der Waals surface area (Å²) in [6.45, 7) is 1.57. The summed E-state index contributed by atoms with van der Waals surface area (Å²) in [6, 6.07) is 0.103. The summed E-state index contributed by atoms with van der Waals surface area (Å²) in [5.41, 5.74) is 5.79. The van der Waals surface area contributed by atoms with Crippen LogP contribution in [0, 0.1) is 0 Å². The van der Waals surface area contributed by atoms with Gasteiger partial charge in [0.05, 0.1) is 12.3 Å². The Morgan fingerprint density at radius 3 is 3.08 bits per heavy atom. The first-order chi connectivity index (χ1) is 5.77. The van der Waals surface area contributed by atoms with Gasteiger partial charge in [-0.05, 0) is 13.0 Å². The molecule has 1 aliphatic heterocycles. The number of carbonyl (C=O) groups excluding carboxylic acids is 1. The Labute approximate surface area is 73.3 Å². The van der Waals surface area contributed by atoms with Crippen molar-refractivity contribution in [3.8, 4) is 0 Å². The number of rotatable bonds is 3. The first-order valence-electron chi connectivity index (χ1n) is 4.09. The largest absolute Gasteiger partial charge is 0.379 e. The third-order valence-electron chi connectivity index (χ3n) is 2.22. The molecule has 2 atom stereocenters. The molecule has 0 unspecified atom stereocenters. The van der Waals surface area contributed by atoms with E-state index in [-0.39, 0.29) is 12.1 Å². The summed E-state index contributed by atoms with van der Waals surface area (Å²) < 4.78 is 5.18. The molecule has 1 saturated heterocycles. The van der Waals surface area contributed by atoms with Crippen LogP contribution in [-0.2, 0) is 9.53 Å². The van der Waals surface area contributed by atoms with Crippen molar-refractivity contribution in [2.75, 3.05) is 20.2 Å². The van der Waals surface area contributed by atoms with Crippen LogP contribution in [0.5, 0.6) is 0 Å². The summed E-state index contributed by atoms with van der Waals surface area (Å²) in [6.07, 6.45) is 1.72. The molecule has 0 aliphatic carbocycles. The average Bonchev–Trinajstić information content (AvgIpc) is 2.09. The predicted molar refractivity (Wildman–Crippen MR) is 47.5 cm³/mol. The monoisotopic (exact) mass is 169 g/mol. The Hall–Kier alpha value is -0.385. The molecule has 0 amide bonds. The van der Waals surface area contributed by atoms with Gasteiger partial charge in [0, 0.05) is 19.7 Å². The highest BCUT2D eigenvalue weighted by Gasteiger charge is 2.25. The van der Waals surface area contributed by atoms with Gasteiger partial charge in [0.2, 0.25) is 0 Å². The van der Waals surface area contributed by atoms with Gasteiger partial charge < -0.3 is 20.1 Å². The van der Waals surface area contributed by atoms with Gasteiger partial charge in [0.25, 0.3) is 7.41 Å². The summed E-state index contributed by atoms with van der Waals surface area (Å²) in [4.78, 5) is 12.1. The fraction of sp³-hybridized carbons (Fsp3) is 0.857. The molecule has 0 aromatic carbocycles. The van der Waals surface area contributed by atoms with Crippen LogP contribution in [-0.4, -0.2) is 50.8 Å². The topological polar surface area (TPSA) is 55.6 Å². The van der Waals surface area contributed by atoms with Crippen molar-refractivity contribution in [1.82, 2.24) is 4.81 Å². The van der Waals surface area contributed by atoms with Crippen LogP contribution >= 0.6 is 0 Å². The lowest BCUT2D eigenvalue weighted by Gasteiger charge is -2.34. The first kappa shape index (κ1) is 9.70. The van der Waals surface area contributed by atoms with Crippen LogP contribution in [0.1, 0.15) is 6.42 Å². The second-order valence-corrected chi connectivity index (χ2v) is 3.01. The van der Waals surface area contributed by atoms with E-state index < -0.39 is 0 Å². The SMILES string of the molecule is CO[C@H]1CN([B]C=O)CC[C@H]1N. The Morgan fingerprint density at radius 1 is 1.75 bits per heavy atom. The normalized spacial score (nSPS) is 31.5. The molecule has 4 nitrogen and oxygen atoms in total. The fourth-order valence-corrected chi connectivity index (χ4v) is 1.43. The van der Waals surface area contributed by atoms with Gasteiger partial charge in [-0.3, -0.25) is 0 Å². The van der Waals surface area contributed by atoms with E-state index in [0.29, 0.717) is 0 Å². The highest BCUT2D eigenvalue weighted by Crippen LogP contribution is 2.09. The lowest BCUT2D eigenvalue weighted by atomic mass is 9.89. The Bertz CT molecular complexity index is 156. The summed E-state index contributed by atoms with van der Waals surface area (Å²) in [5.74, 6) is 0. The second-order valence-electron chi connectivity index (χ2n) is 3.01. The second kappa shape index (κ2) is 4.59. The molecule has 5 heteroatoms. The summed E-state index contributed by atoms with van der Waals surface area (Å²) in [5, 5.41) is 0. The minimum absolute atomic E-state index is 0.0509. The van der Waals surface area contributed by atoms with E-state index in [2.05, 4.69) is 0 Å². The summed E-state index contributed by atoms with van der Waals surface area (Å²) >= 11 is 0. The number of hydrogen-bond donors (Lipinski definition) is 1. The molecule has 0 aromatic heterocycles. The molecule has 1 rings (SSSR count). The van der Waals surface area contributed by atoms with Crippen molar-refractivity contribution in [3.63, 3.8) is 0 Å². The van der Waals surface area contributed by atoms with Gasteiger partial charge in [-0.1, -0.05) is 0 Å². The molecule has 0 spiro atoms. The number of nitrogens with zero attached hydrogens (tertiary/aromatic N) is 1. The Morgan fingerprint density at radius 2 is 2.50 bits per heavy atom. The Kier molecular flexibility index (Phi) is 3.71. The van der Waals surface area contributed by atoms with E-state index in [9.17, 15) is 4.79 Å². The summed E-state index contributed by atoms with van der Waals surface area (Å²) in [7, 11) is 3.19. The van der Waals surface area contributed by atoms with E-state index in [4.69, 9.17) is 10.5 Å². The lowest BCUT2D eigenvalue weighted by molar-refractivity contribution is 0.0412. The molecule has 0 bridgehead atoms. The van der Waals surface area contributed by atoms with Crippen LogP contribution in [0.4, 0.5) is 0 Å². The van der Waals surface area contributed by atoms with E-state index >= 15 is 0 Å². The van der Waals surface area contributed by atoms with Crippen LogP contribution in [0.15, 0.2) is 0 Å². The van der Waals surface area contributed by atoms with Crippen LogP contribution in [0.2, 0.25) is 0 Å². The molecule has 12 heavy (non-hydrogen) atoms. The maximum atomic E-state index is 10.2. The molecule has 67 valence electrons. The number of methoxy groups -OCH3 is 1. The van der Waals surface area contributed by atoms with Gasteiger partial charge in [-0.15, -0.1) is 0 Å². The average molecular weight is 169 g/mol. The quantitative estimate of drug-likeness (QED) is 0.427. The van der Waals surface area contributed by atoms with E-state index in [1.807, 2.05) is 4.81 Å². The van der Waals surface area contributed by atoms with Crippen LogP contribution in [0.3, 0.4) is 0 Å². The molecular weight excluding hydrogens is 155 g/mol. The van der Waals surface area contributed by atoms with Crippen molar-refractivity contribution in [3.05, 3.63) is 0 Å². The molecular formula is C7H14BN2O2. The molecule has 1 radical (unpaired) electrons. The van der Waals surface area contributed by atoms with Gasteiger partial charge in [0.1, 0.15) is 0 Å². The zero-order valence-corrected chi connectivity index (χ0v) is 7.27. The predicted octanol–water partition coefficient (Wildman–Crippen LogP) is -1.16. The van der Waals surface area contributed by atoms with Gasteiger partial charge in [-0.25, -0.2) is 0 Å².